The smallest absolute Gasteiger partial charge is 0.337 e. The summed E-state index contributed by atoms with van der Waals surface area (Å²) in [6.45, 7) is 2.29. The van der Waals surface area contributed by atoms with Gasteiger partial charge < -0.3 is 10.4 Å². The van der Waals surface area contributed by atoms with Crippen LogP contribution in [0.25, 0.3) is 0 Å². The lowest BCUT2D eigenvalue weighted by atomic mass is 10.1. The average Bonchev–Trinajstić information content (AvgIpc) is 2.96. The van der Waals surface area contributed by atoms with E-state index >= 15 is 0 Å². The summed E-state index contributed by atoms with van der Waals surface area (Å²) in [5, 5.41) is 12.6. The standard InChI is InChI=1S/C13H16ClN3O2/c14-9-7-15-12(6-8(9)13(18)19)16-10-3-5-17-4-1-2-11(10)17/h6-7,10-11H,1-5H2,(H,15,16)(H,18,19). The van der Waals surface area contributed by atoms with E-state index in [1.807, 2.05) is 0 Å². The molecular weight excluding hydrogens is 266 g/mol. The van der Waals surface area contributed by atoms with Crippen molar-refractivity contribution in [2.75, 3.05) is 18.4 Å². The summed E-state index contributed by atoms with van der Waals surface area (Å²) in [4.78, 5) is 17.7. The third-order valence-corrected chi connectivity index (χ3v) is 4.33. The van der Waals surface area contributed by atoms with Gasteiger partial charge in [0.15, 0.2) is 0 Å². The van der Waals surface area contributed by atoms with Crippen molar-refractivity contribution in [1.29, 1.82) is 0 Å². The van der Waals surface area contributed by atoms with Gasteiger partial charge in [-0.2, -0.15) is 0 Å². The number of aromatic nitrogens is 1. The second kappa shape index (κ2) is 4.98. The second-order valence-corrected chi connectivity index (χ2v) is 5.55. The van der Waals surface area contributed by atoms with Crippen molar-refractivity contribution in [3.63, 3.8) is 0 Å². The fourth-order valence-corrected chi connectivity index (χ4v) is 3.31. The number of carbonyl (C=O) groups is 1. The summed E-state index contributed by atoms with van der Waals surface area (Å²) in [5.74, 6) is -0.426. The molecule has 19 heavy (non-hydrogen) atoms. The zero-order chi connectivity index (χ0) is 13.4. The summed E-state index contributed by atoms with van der Waals surface area (Å²) in [6, 6.07) is 2.44. The number of pyridine rings is 1. The van der Waals surface area contributed by atoms with Gasteiger partial charge >= 0.3 is 5.97 Å². The van der Waals surface area contributed by atoms with Gasteiger partial charge in [0.25, 0.3) is 0 Å². The molecule has 2 atom stereocenters. The Bertz CT molecular complexity index is 509. The van der Waals surface area contributed by atoms with Crippen molar-refractivity contribution in [1.82, 2.24) is 9.88 Å². The molecule has 0 aromatic carbocycles. The maximum atomic E-state index is 11.0. The number of hydrogen-bond donors (Lipinski definition) is 2. The quantitative estimate of drug-likeness (QED) is 0.888. The van der Waals surface area contributed by atoms with Gasteiger partial charge in [0.05, 0.1) is 10.6 Å². The predicted molar refractivity (Wildman–Crippen MR) is 72.8 cm³/mol. The van der Waals surface area contributed by atoms with Crippen LogP contribution in [0.1, 0.15) is 29.6 Å². The Labute approximate surface area is 116 Å². The number of carboxylic acid groups (broad SMARTS) is 1. The van der Waals surface area contributed by atoms with Crippen molar-refractivity contribution >= 4 is 23.4 Å². The Morgan fingerprint density at radius 3 is 3.11 bits per heavy atom. The Balaban J connectivity index is 1.76. The molecule has 2 aliphatic heterocycles. The molecule has 0 bridgehead atoms. The van der Waals surface area contributed by atoms with E-state index in [4.69, 9.17) is 16.7 Å². The van der Waals surface area contributed by atoms with E-state index in [1.165, 1.54) is 31.6 Å². The van der Waals surface area contributed by atoms with E-state index in [0.29, 0.717) is 17.9 Å². The van der Waals surface area contributed by atoms with Gasteiger partial charge in [-0.25, -0.2) is 9.78 Å². The van der Waals surface area contributed by atoms with Crippen LogP contribution < -0.4 is 5.32 Å². The van der Waals surface area contributed by atoms with Crippen LogP contribution in [0.4, 0.5) is 5.82 Å². The van der Waals surface area contributed by atoms with Gasteiger partial charge in [-0.15, -0.1) is 0 Å². The monoisotopic (exact) mass is 281 g/mol. The lowest BCUT2D eigenvalue weighted by molar-refractivity contribution is 0.0697. The number of hydrogen-bond acceptors (Lipinski definition) is 4. The van der Waals surface area contributed by atoms with Crippen molar-refractivity contribution in [3.05, 3.63) is 22.8 Å². The predicted octanol–water partition coefficient (Wildman–Crippen LogP) is 2.08. The minimum atomic E-state index is -1.02. The molecule has 2 saturated heterocycles. The molecule has 5 nitrogen and oxygen atoms in total. The summed E-state index contributed by atoms with van der Waals surface area (Å²) in [5.41, 5.74) is 0.0976. The zero-order valence-electron chi connectivity index (χ0n) is 10.5. The highest BCUT2D eigenvalue weighted by atomic mass is 35.5. The molecule has 2 N–H and O–H groups in total. The normalized spacial score (nSPS) is 26.4. The molecule has 0 spiro atoms. The first-order valence-electron chi connectivity index (χ1n) is 6.54. The second-order valence-electron chi connectivity index (χ2n) is 5.14. The summed E-state index contributed by atoms with van der Waals surface area (Å²) >= 11 is 5.82. The molecule has 1 aromatic rings. The van der Waals surface area contributed by atoms with Gasteiger partial charge in [0.2, 0.25) is 0 Å². The first-order valence-corrected chi connectivity index (χ1v) is 6.92. The highest BCUT2D eigenvalue weighted by Gasteiger charge is 2.37. The van der Waals surface area contributed by atoms with E-state index in [0.717, 1.165) is 13.0 Å². The Kier molecular flexibility index (Phi) is 3.33. The van der Waals surface area contributed by atoms with Crippen LogP contribution in [0.3, 0.4) is 0 Å². The van der Waals surface area contributed by atoms with E-state index in [2.05, 4.69) is 15.2 Å². The van der Waals surface area contributed by atoms with E-state index in [1.54, 1.807) is 0 Å². The number of carboxylic acids is 1. The summed E-state index contributed by atoms with van der Waals surface area (Å²) < 4.78 is 0. The fourth-order valence-electron chi connectivity index (χ4n) is 3.12. The molecular formula is C13H16ClN3O2. The third kappa shape index (κ3) is 2.40. The van der Waals surface area contributed by atoms with Gasteiger partial charge in [-0.05, 0) is 31.9 Å². The molecule has 0 aliphatic carbocycles. The SMILES string of the molecule is O=C(O)c1cc(NC2CCN3CCCC23)ncc1Cl. The van der Waals surface area contributed by atoms with E-state index in [-0.39, 0.29) is 10.6 Å². The zero-order valence-corrected chi connectivity index (χ0v) is 11.2. The number of nitrogens with zero attached hydrogens (tertiary/aromatic N) is 2. The highest BCUT2D eigenvalue weighted by molar-refractivity contribution is 6.33. The van der Waals surface area contributed by atoms with Crippen LogP contribution in [0.15, 0.2) is 12.3 Å². The lowest BCUT2D eigenvalue weighted by Gasteiger charge is -2.21. The van der Waals surface area contributed by atoms with Crippen LogP contribution in [-0.2, 0) is 0 Å². The molecule has 2 fully saturated rings. The fraction of sp³-hybridized carbons (Fsp3) is 0.538. The van der Waals surface area contributed by atoms with Crippen molar-refractivity contribution < 1.29 is 9.90 Å². The number of rotatable bonds is 3. The topological polar surface area (TPSA) is 65.5 Å². The van der Waals surface area contributed by atoms with Gasteiger partial charge in [0, 0.05) is 24.8 Å². The van der Waals surface area contributed by atoms with E-state index in [9.17, 15) is 4.79 Å². The minimum absolute atomic E-state index is 0.0976. The largest absolute Gasteiger partial charge is 0.478 e. The molecule has 102 valence electrons. The minimum Gasteiger partial charge on any atom is -0.478 e. The average molecular weight is 282 g/mol. The van der Waals surface area contributed by atoms with Gasteiger partial charge in [-0.3, -0.25) is 4.90 Å². The number of nitrogens with one attached hydrogen (secondary N) is 1. The Morgan fingerprint density at radius 1 is 1.47 bits per heavy atom. The third-order valence-electron chi connectivity index (χ3n) is 4.03. The molecule has 0 amide bonds. The Hall–Kier alpha value is -1.33. The molecule has 0 radical (unpaired) electrons. The first-order chi connectivity index (χ1) is 9.15. The number of aromatic carboxylic acids is 1. The van der Waals surface area contributed by atoms with Crippen LogP contribution in [0, 0.1) is 0 Å². The maximum absolute atomic E-state index is 11.0. The number of halogens is 1. The van der Waals surface area contributed by atoms with Crippen molar-refractivity contribution in [3.8, 4) is 0 Å². The van der Waals surface area contributed by atoms with Crippen LogP contribution in [0.2, 0.25) is 5.02 Å². The molecule has 2 unspecified atom stereocenters. The molecule has 0 saturated carbocycles. The molecule has 2 aliphatic rings. The highest BCUT2D eigenvalue weighted by Crippen LogP contribution is 2.30. The van der Waals surface area contributed by atoms with Gasteiger partial charge in [-0.1, -0.05) is 11.6 Å². The van der Waals surface area contributed by atoms with Crippen molar-refractivity contribution in [2.45, 2.75) is 31.3 Å². The lowest BCUT2D eigenvalue weighted by Crippen LogP contribution is -2.34. The summed E-state index contributed by atoms with van der Waals surface area (Å²) in [7, 11) is 0. The molecule has 1 aromatic heterocycles. The number of anilines is 1. The van der Waals surface area contributed by atoms with Gasteiger partial charge in [0.1, 0.15) is 5.82 Å². The number of fused-ring (bicyclic) bond motifs is 1. The van der Waals surface area contributed by atoms with Crippen molar-refractivity contribution in [2.24, 2.45) is 0 Å². The molecule has 3 rings (SSSR count). The molecule has 3 heterocycles. The van der Waals surface area contributed by atoms with Crippen LogP contribution in [-0.4, -0.2) is 46.1 Å². The maximum Gasteiger partial charge on any atom is 0.337 e. The first kappa shape index (κ1) is 12.7. The molecule has 6 heteroatoms. The Morgan fingerprint density at radius 2 is 2.32 bits per heavy atom. The van der Waals surface area contributed by atoms with Crippen LogP contribution >= 0.6 is 11.6 Å². The van der Waals surface area contributed by atoms with E-state index < -0.39 is 5.97 Å². The van der Waals surface area contributed by atoms with Crippen LogP contribution in [0.5, 0.6) is 0 Å². The summed E-state index contributed by atoms with van der Waals surface area (Å²) in [6.07, 6.45) is 4.93.